The van der Waals surface area contributed by atoms with Crippen LogP contribution >= 0.6 is 0 Å². The van der Waals surface area contributed by atoms with Crippen molar-refractivity contribution in [2.45, 2.75) is 33.1 Å². The first-order valence-electron chi connectivity index (χ1n) is 5.26. The SMILES string of the molecule is CCOc1cc(C)c(C(O)C(F)(F)F)cc1C. The van der Waals surface area contributed by atoms with Crippen molar-refractivity contribution in [3.05, 3.63) is 28.8 Å². The minimum absolute atomic E-state index is 0.126. The average Bonchev–Trinajstić information content (AvgIpc) is 2.21. The Morgan fingerprint density at radius 2 is 1.82 bits per heavy atom. The van der Waals surface area contributed by atoms with E-state index in [2.05, 4.69) is 0 Å². The average molecular weight is 248 g/mol. The van der Waals surface area contributed by atoms with Crippen molar-refractivity contribution in [3.8, 4) is 5.75 Å². The molecule has 0 aliphatic rings. The molecule has 0 aliphatic carbocycles. The van der Waals surface area contributed by atoms with Crippen molar-refractivity contribution in [2.75, 3.05) is 6.61 Å². The Kier molecular flexibility index (Phi) is 4.03. The summed E-state index contributed by atoms with van der Waals surface area (Å²) in [6.45, 7) is 5.41. The van der Waals surface area contributed by atoms with Crippen molar-refractivity contribution < 1.29 is 23.0 Å². The fourth-order valence-electron chi connectivity index (χ4n) is 1.59. The van der Waals surface area contributed by atoms with Gasteiger partial charge in [0.25, 0.3) is 0 Å². The first-order chi connectivity index (χ1) is 7.77. The lowest BCUT2D eigenvalue weighted by Crippen LogP contribution is -2.21. The molecule has 0 bridgehead atoms. The number of aryl methyl sites for hydroxylation is 2. The Morgan fingerprint density at radius 3 is 2.29 bits per heavy atom. The molecular formula is C12H15F3O2. The van der Waals surface area contributed by atoms with Crippen LogP contribution in [0.4, 0.5) is 13.2 Å². The zero-order valence-electron chi connectivity index (χ0n) is 9.93. The van der Waals surface area contributed by atoms with Gasteiger partial charge in [-0.25, -0.2) is 0 Å². The predicted molar refractivity (Wildman–Crippen MR) is 58.1 cm³/mol. The molecule has 5 heteroatoms. The van der Waals surface area contributed by atoms with Gasteiger partial charge in [0, 0.05) is 0 Å². The molecule has 1 aromatic rings. The molecule has 1 rings (SSSR count). The Morgan fingerprint density at radius 1 is 1.24 bits per heavy atom. The van der Waals surface area contributed by atoms with Crippen LogP contribution < -0.4 is 4.74 Å². The maximum absolute atomic E-state index is 12.4. The van der Waals surface area contributed by atoms with Gasteiger partial charge >= 0.3 is 6.18 Å². The molecule has 0 spiro atoms. The third kappa shape index (κ3) is 3.12. The maximum atomic E-state index is 12.4. The third-order valence-electron chi connectivity index (χ3n) is 2.47. The lowest BCUT2D eigenvalue weighted by molar-refractivity contribution is -0.207. The van der Waals surface area contributed by atoms with Crippen LogP contribution in [0.1, 0.15) is 29.7 Å². The molecule has 0 saturated carbocycles. The van der Waals surface area contributed by atoms with Crippen LogP contribution in [0.2, 0.25) is 0 Å². The van der Waals surface area contributed by atoms with E-state index in [-0.39, 0.29) is 5.56 Å². The number of benzene rings is 1. The summed E-state index contributed by atoms with van der Waals surface area (Å²) in [4.78, 5) is 0. The fraction of sp³-hybridized carbons (Fsp3) is 0.500. The van der Waals surface area contributed by atoms with Crippen molar-refractivity contribution >= 4 is 0 Å². The molecule has 2 nitrogen and oxygen atoms in total. The summed E-state index contributed by atoms with van der Waals surface area (Å²) in [6, 6.07) is 2.83. The minimum Gasteiger partial charge on any atom is -0.494 e. The van der Waals surface area contributed by atoms with Gasteiger partial charge in [-0.05, 0) is 49.6 Å². The molecule has 0 radical (unpaired) electrons. The third-order valence-corrected chi connectivity index (χ3v) is 2.47. The van der Waals surface area contributed by atoms with Crippen molar-refractivity contribution in [1.29, 1.82) is 0 Å². The second-order valence-corrected chi connectivity index (χ2v) is 3.85. The highest BCUT2D eigenvalue weighted by Crippen LogP contribution is 2.36. The van der Waals surface area contributed by atoms with Crippen molar-refractivity contribution in [3.63, 3.8) is 0 Å². The lowest BCUT2D eigenvalue weighted by Gasteiger charge is -2.19. The molecule has 0 saturated heterocycles. The van der Waals surface area contributed by atoms with Gasteiger partial charge in [0.1, 0.15) is 5.75 Å². The van der Waals surface area contributed by atoms with E-state index < -0.39 is 12.3 Å². The van der Waals surface area contributed by atoms with Gasteiger partial charge in [-0.1, -0.05) is 0 Å². The van der Waals surface area contributed by atoms with Crippen LogP contribution in [-0.2, 0) is 0 Å². The highest BCUT2D eigenvalue weighted by molar-refractivity contribution is 5.42. The topological polar surface area (TPSA) is 29.5 Å². The first-order valence-corrected chi connectivity index (χ1v) is 5.26. The number of alkyl halides is 3. The lowest BCUT2D eigenvalue weighted by atomic mass is 9.99. The van der Waals surface area contributed by atoms with Gasteiger partial charge in [-0.15, -0.1) is 0 Å². The van der Waals surface area contributed by atoms with E-state index in [0.29, 0.717) is 23.5 Å². The van der Waals surface area contributed by atoms with Crippen molar-refractivity contribution in [1.82, 2.24) is 0 Å². The van der Waals surface area contributed by atoms with Crippen LogP contribution in [0.5, 0.6) is 5.75 Å². The Labute approximate surface area is 98.0 Å². The maximum Gasteiger partial charge on any atom is 0.418 e. The molecule has 0 amide bonds. The molecular weight excluding hydrogens is 233 g/mol. The molecule has 1 N–H and O–H groups in total. The predicted octanol–water partition coefficient (Wildman–Crippen LogP) is 3.30. The van der Waals surface area contributed by atoms with E-state index in [1.807, 2.05) is 0 Å². The first kappa shape index (κ1) is 13.8. The molecule has 0 aliphatic heterocycles. The summed E-state index contributed by atoms with van der Waals surface area (Å²) in [5.41, 5.74) is 0.818. The van der Waals surface area contributed by atoms with Gasteiger partial charge in [-0.3, -0.25) is 0 Å². The molecule has 1 atom stereocenters. The molecule has 96 valence electrons. The number of aliphatic hydroxyl groups is 1. The normalized spacial score (nSPS) is 13.6. The number of halogens is 3. The van der Waals surface area contributed by atoms with Gasteiger partial charge in [0.15, 0.2) is 6.10 Å². The van der Waals surface area contributed by atoms with Gasteiger partial charge in [-0.2, -0.15) is 13.2 Å². The highest BCUT2D eigenvalue weighted by Gasteiger charge is 2.40. The quantitative estimate of drug-likeness (QED) is 0.889. The molecule has 17 heavy (non-hydrogen) atoms. The number of hydrogen-bond acceptors (Lipinski definition) is 2. The van der Waals surface area contributed by atoms with E-state index in [0.717, 1.165) is 0 Å². The second kappa shape index (κ2) is 4.96. The Hall–Kier alpha value is -1.23. The van der Waals surface area contributed by atoms with Gasteiger partial charge < -0.3 is 9.84 Å². The monoisotopic (exact) mass is 248 g/mol. The summed E-state index contributed by atoms with van der Waals surface area (Å²) < 4.78 is 42.5. The summed E-state index contributed by atoms with van der Waals surface area (Å²) in [5, 5.41) is 9.22. The zero-order chi connectivity index (χ0) is 13.2. The van der Waals surface area contributed by atoms with Gasteiger partial charge in [0.05, 0.1) is 6.61 Å². The molecule has 0 heterocycles. The second-order valence-electron chi connectivity index (χ2n) is 3.85. The van der Waals surface area contributed by atoms with Crippen LogP contribution in [-0.4, -0.2) is 17.9 Å². The Bertz CT molecular complexity index is 399. The van der Waals surface area contributed by atoms with Crippen LogP contribution in [0, 0.1) is 13.8 Å². The smallest absolute Gasteiger partial charge is 0.418 e. The summed E-state index contributed by atoms with van der Waals surface area (Å²) in [7, 11) is 0. The summed E-state index contributed by atoms with van der Waals surface area (Å²) in [5.74, 6) is 0.545. The zero-order valence-corrected chi connectivity index (χ0v) is 9.93. The van der Waals surface area contributed by atoms with E-state index in [9.17, 15) is 18.3 Å². The van der Waals surface area contributed by atoms with E-state index in [1.54, 1.807) is 13.8 Å². The number of hydrogen-bond donors (Lipinski definition) is 1. The molecule has 0 fully saturated rings. The van der Waals surface area contributed by atoms with Crippen LogP contribution in [0.3, 0.4) is 0 Å². The number of rotatable bonds is 3. The van der Waals surface area contributed by atoms with E-state index in [4.69, 9.17) is 4.74 Å². The largest absolute Gasteiger partial charge is 0.494 e. The number of ether oxygens (including phenoxy) is 1. The van der Waals surface area contributed by atoms with Crippen LogP contribution in [0.25, 0.3) is 0 Å². The van der Waals surface area contributed by atoms with Crippen molar-refractivity contribution in [2.24, 2.45) is 0 Å². The molecule has 0 aromatic heterocycles. The number of aliphatic hydroxyl groups excluding tert-OH is 1. The standard InChI is InChI=1S/C12H15F3O2/c1-4-17-10-6-7(2)9(5-8(10)3)11(16)12(13,14)15/h5-6,11,16H,4H2,1-3H3. The van der Waals surface area contributed by atoms with Crippen LogP contribution in [0.15, 0.2) is 12.1 Å². The molecule has 1 unspecified atom stereocenters. The summed E-state index contributed by atoms with van der Waals surface area (Å²) in [6.07, 6.45) is -7.10. The Balaban J connectivity index is 3.15. The molecule has 1 aromatic carbocycles. The van der Waals surface area contributed by atoms with Gasteiger partial charge in [0.2, 0.25) is 0 Å². The van der Waals surface area contributed by atoms with E-state index in [1.165, 1.54) is 19.1 Å². The fourth-order valence-corrected chi connectivity index (χ4v) is 1.59. The summed E-state index contributed by atoms with van der Waals surface area (Å²) >= 11 is 0. The van der Waals surface area contributed by atoms with E-state index >= 15 is 0 Å². The minimum atomic E-state index is -4.65. The highest BCUT2D eigenvalue weighted by atomic mass is 19.4.